The van der Waals surface area contributed by atoms with Gasteiger partial charge in [-0.2, -0.15) is 5.10 Å². The van der Waals surface area contributed by atoms with Crippen molar-refractivity contribution in [3.63, 3.8) is 0 Å². The molecule has 0 N–H and O–H groups in total. The number of aryl methyl sites for hydroxylation is 1. The van der Waals surface area contributed by atoms with Crippen LogP contribution in [0, 0.1) is 0 Å². The highest BCUT2D eigenvalue weighted by molar-refractivity contribution is 7.91. The topological polar surface area (TPSA) is 64.8 Å². The Morgan fingerprint density at radius 3 is 2.75 bits per heavy atom. The number of hydrogen-bond acceptors (Lipinski definition) is 4. The molecule has 0 fully saturated rings. The van der Waals surface area contributed by atoms with Crippen molar-refractivity contribution in [1.82, 2.24) is 14.8 Å². The Morgan fingerprint density at radius 1 is 1.67 bits per heavy atom. The average Bonchev–Trinajstić information content (AvgIpc) is 2.35. The van der Waals surface area contributed by atoms with E-state index in [1.54, 1.807) is 0 Å². The molecule has 0 aromatic carbocycles. The second-order valence-electron chi connectivity index (χ2n) is 2.17. The molecular weight excluding hydrogens is 185 g/mol. The molecule has 0 saturated heterocycles. The van der Waals surface area contributed by atoms with Gasteiger partial charge >= 0.3 is 0 Å². The molecule has 0 radical (unpaired) electrons. The Labute approximate surface area is 69.1 Å². The van der Waals surface area contributed by atoms with Gasteiger partial charge in [-0.15, -0.1) is 0 Å². The van der Waals surface area contributed by atoms with E-state index in [0.29, 0.717) is 0 Å². The Morgan fingerprint density at radius 2 is 2.33 bits per heavy atom. The fourth-order valence-electron chi connectivity index (χ4n) is 0.760. The molecule has 0 aliphatic carbocycles. The van der Waals surface area contributed by atoms with Crippen LogP contribution in [0.3, 0.4) is 0 Å². The first-order valence-electron chi connectivity index (χ1n) is 3.20. The second kappa shape index (κ2) is 3.18. The summed E-state index contributed by atoms with van der Waals surface area (Å²) >= 11 is 0. The molecule has 1 heterocycles. The van der Waals surface area contributed by atoms with Crippen LogP contribution in [0.4, 0.5) is 4.39 Å². The minimum absolute atomic E-state index is 0.194. The number of hydrogen-bond donors (Lipinski definition) is 0. The SMILES string of the molecule is Cn1ncnc1S(=O)(=O)CCF. The Kier molecular flexibility index (Phi) is 2.41. The number of sulfone groups is 1. The molecule has 1 aromatic heterocycles. The summed E-state index contributed by atoms with van der Waals surface area (Å²) in [6.07, 6.45) is 1.12. The zero-order valence-electron chi connectivity index (χ0n) is 6.44. The van der Waals surface area contributed by atoms with Crippen molar-refractivity contribution in [3.05, 3.63) is 6.33 Å². The van der Waals surface area contributed by atoms with E-state index >= 15 is 0 Å². The summed E-state index contributed by atoms with van der Waals surface area (Å²) in [5.41, 5.74) is 0. The third-order valence-corrected chi connectivity index (χ3v) is 2.91. The number of aromatic nitrogens is 3. The van der Waals surface area contributed by atoms with Gasteiger partial charge in [0.15, 0.2) is 0 Å². The lowest BCUT2D eigenvalue weighted by atomic mass is 10.9. The molecule has 1 rings (SSSR count). The van der Waals surface area contributed by atoms with Crippen LogP contribution in [0.25, 0.3) is 0 Å². The fraction of sp³-hybridized carbons (Fsp3) is 0.600. The van der Waals surface area contributed by atoms with Crippen molar-refractivity contribution in [2.75, 3.05) is 12.4 Å². The predicted molar refractivity (Wildman–Crippen MR) is 39.0 cm³/mol. The van der Waals surface area contributed by atoms with E-state index in [4.69, 9.17) is 0 Å². The van der Waals surface area contributed by atoms with E-state index in [0.717, 1.165) is 11.0 Å². The molecule has 7 heteroatoms. The minimum Gasteiger partial charge on any atom is -0.250 e. The quantitative estimate of drug-likeness (QED) is 0.652. The highest BCUT2D eigenvalue weighted by Gasteiger charge is 2.19. The summed E-state index contributed by atoms with van der Waals surface area (Å²) in [4.78, 5) is 3.50. The van der Waals surface area contributed by atoms with E-state index in [1.165, 1.54) is 7.05 Å². The van der Waals surface area contributed by atoms with Crippen LogP contribution in [-0.4, -0.2) is 35.6 Å². The monoisotopic (exact) mass is 193 g/mol. The highest BCUT2D eigenvalue weighted by Crippen LogP contribution is 2.04. The summed E-state index contributed by atoms with van der Waals surface area (Å²) in [5.74, 6) is -0.542. The molecule has 0 spiro atoms. The average molecular weight is 193 g/mol. The maximum atomic E-state index is 11.8. The Bertz CT molecular complexity index is 359. The lowest BCUT2D eigenvalue weighted by Crippen LogP contribution is -2.14. The molecule has 1 aromatic rings. The molecule has 0 bridgehead atoms. The minimum atomic E-state index is -3.58. The van der Waals surface area contributed by atoms with Crippen LogP contribution in [-0.2, 0) is 16.9 Å². The highest BCUT2D eigenvalue weighted by atomic mass is 32.2. The maximum absolute atomic E-state index is 11.8. The molecule has 0 aliphatic rings. The Hall–Kier alpha value is -0.980. The lowest BCUT2D eigenvalue weighted by molar-refractivity contribution is 0.511. The third kappa shape index (κ3) is 1.60. The molecular formula is C5H8FN3O2S. The van der Waals surface area contributed by atoms with Crippen LogP contribution < -0.4 is 0 Å². The van der Waals surface area contributed by atoms with Crippen molar-refractivity contribution in [2.45, 2.75) is 5.16 Å². The van der Waals surface area contributed by atoms with Crippen LogP contribution in [0.15, 0.2) is 11.5 Å². The largest absolute Gasteiger partial charge is 0.250 e. The van der Waals surface area contributed by atoms with Gasteiger partial charge in [0.25, 0.3) is 0 Å². The predicted octanol–water partition coefficient (Wildman–Crippen LogP) is -0.442. The summed E-state index contributed by atoms with van der Waals surface area (Å²) < 4.78 is 35.2. The number of alkyl halides is 1. The number of halogens is 1. The first kappa shape index (κ1) is 9.11. The van der Waals surface area contributed by atoms with Crippen LogP contribution in [0.1, 0.15) is 0 Å². The summed E-state index contributed by atoms with van der Waals surface area (Å²) in [7, 11) is -2.14. The van der Waals surface area contributed by atoms with Crippen molar-refractivity contribution in [1.29, 1.82) is 0 Å². The summed E-state index contributed by atoms with van der Waals surface area (Å²) in [6.45, 7) is -0.908. The molecule has 5 nitrogen and oxygen atoms in total. The lowest BCUT2D eigenvalue weighted by Gasteiger charge is -1.98. The van der Waals surface area contributed by atoms with Crippen LogP contribution in [0.5, 0.6) is 0 Å². The van der Waals surface area contributed by atoms with Gasteiger partial charge in [-0.05, 0) is 0 Å². The first-order chi connectivity index (χ1) is 5.58. The number of rotatable bonds is 3. The smallest absolute Gasteiger partial charge is 0.245 e. The van der Waals surface area contributed by atoms with Gasteiger partial charge in [-0.3, -0.25) is 0 Å². The normalized spacial score (nSPS) is 11.8. The maximum Gasteiger partial charge on any atom is 0.245 e. The van der Waals surface area contributed by atoms with Crippen molar-refractivity contribution < 1.29 is 12.8 Å². The molecule has 0 unspecified atom stereocenters. The van der Waals surface area contributed by atoms with Crippen LogP contribution >= 0.6 is 0 Å². The van der Waals surface area contributed by atoms with Gasteiger partial charge < -0.3 is 0 Å². The van der Waals surface area contributed by atoms with E-state index < -0.39 is 22.3 Å². The number of nitrogens with zero attached hydrogens (tertiary/aromatic N) is 3. The van der Waals surface area contributed by atoms with E-state index in [9.17, 15) is 12.8 Å². The van der Waals surface area contributed by atoms with Gasteiger partial charge in [0.2, 0.25) is 15.0 Å². The van der Waals surface area contributed by atoms with Crippen molar-refractivity contribution >= 4 is 9.84 Å². The molecule has 0 atom stereocenters. The summed E-state index contributed by atoms with van der Waals surface area (Å²) in [5, 5.41) is 3.37. The molecule has 0 amide bonds. The van der Waals surface area contributed by atoms with E-state index in [-0.39, 0.29) is 5.16 Å². The van der Waals surface area contributed by atoms with Crippen molar-refractivity contribution in [2.24, 2.45) is 7.05 Å². The van der Waals surface area contributed by atoms with Gasteiger partial charge in [0.1, 0.15) is 13.0 Å². The summed E-state index contributed by atoms with van der Waals surface area (Å²) in [6, 6.07) is 0. The Balaban J connectivity index is 3.06. The molecule has 0 aliphatic heterocycles. The molecule has 68 valence electrons. The van der Waals surface area contributed by atoms with Gasteiger partial charge in [0, 0.05) is 7.05 Å². The molecule has 0 saturated carbocycles. The standard InChI is InChI=1S/C5H8FN3O2S/c1-9-5(7-4-8-9)12(10,11)3-2-6/h4H,2-3H2,1H3. The van der Waals surface area contributed by atoms with Gasteiger partial charge in [-0.25, -0.2) is 22.5 Å². The van der Waals surface area contributed by atoms with E-state index in [2.05, 4.69) is 10.1 Å². The third-order valence-electron chi connectivity index (χ3n) is 1.29. The second-order valence-corrected chi connectivity index (χ2v) is 4.18. The zero-order chi connectivity index (χ0) is 9.19. The zero-order valence-corrected chi connectivity index (χ0v) is 7.25. The van der Waals surface area contributed by atoms with E-state index in [1.807, 2.05) is 0 Å². The van der Waals surface area contributed by atoms with Gasteiger partial charge in [0.05, 0.1) is 5.75 Å². The molecule has 12 heavy (non-hydrogen) atoms. The first-order valence-corrected chi connectivity index (χ1v) is 4.86. The van der Waals surface area contributed by atoms with Crippen LogP contribution in [0.2, 0.25) is 0 Å². The van der Waals surface area contributed by atoms with Gasteiger partial charge in [-0.1, -0.05) is 0 Å². The van der Waals surface area contributed by atoms with Crippen molar-refractivity contribution in [3.8, 4) is 0 Å². The fourth-order valence-corrected chi connectivity index (χ4v) is 1.80.